The first-order valence-corrected chi connectivity index (χ1v) is 7.33. The molecule has 0 bridgehead atoms. The van der Waals surface area contributed by atoms with Gasteiger partial charge in [-0.15, -0.1) is 0 Å². The predicted molar refractivity (Wildman–Crippen MR) is 82.7 cm³/mol. The number of aromatic nitrogens is 1. The molecule has 2 aromatic rings. The number of hydrazine groups is 1. The highest BCUT2D eigenvalue weighted by molar-refractivity contribution is 9.10. The van der Waals surface area contributed by atoms with Crippen molar-refractivity contribution in [1.82, 2.24) is 9.99 Å². The van der Waals surface area contributed by atoms with E-state index < -0.39 is 0 Å². The number of nitrogens with zero attached hydrogens (tertiary/aromatic N) is 2. The Bertz CT molecular complexity index is 604. The van der Waals surface area contributed by atoms with Crippen LogP contribution < -0.4 is 10.2 Å². The van der Waals surface area contributed by atoms with Crippen LogP contribution in [0.2, 0.25) is 0 Å². The zero-order chi connectivity index (χ0) is 13.9. The molecular weight excluding hydrogens is 318 g/mol. The van der Waals surface area contributed by atoms with Gasteiger partial charge in [0.1, 0.15) is 5.75 Å². The number of benzene rings is 1. The molecule has 2 heterocycles. The van der Waals surface area contributed by atoms with Crippen LogP contribution in [-0.4, -0.2) is 23.6 Å². The van der Waals surface area contributed by atoms with E-state index in [4.69, 9.17) is 4.74 Å². The summed E-state index contributed by atoms with van der Waals surface area (Å²) in [6.45, 7) is 1.78. The average Bonchev–Trinajstić information content (AvgIpc) is 2.49. The van der Waals surface area contributed by atoms with Gasteiger partial charge in [0.2, 0.25) is 0 Å². The fourth-order valence-electron chi connectivity index (χ4n) is 2.50. The van der Waals surface area contributed by atoms with Crippen molar-refractivity contribution in [3.63, 3.8) is 0 Å². The maximum absolute atomic E-state index is 5.48. The maximum Gasteiger partial charge on any atom is 0.123 e. The van der Waals surface area contributed by atoms with E-state index in [-0.39, 0.29) is 0 Å². The molecule has 1 aromatic carbocycles. The molecule has 0 amide bonds. The number of nitrogens with one attached hydrogen (secondary N) is 1. The summed E-state index contributed by atoms with van der Waals surface area (Å²) in [5.74, 6) is 0.949. The molecule has 0 saturated heterocycles. The molecule has 5 heteroatoms. The van der Waals surface area contributed by atoms with Gasteiger partial charge in [-0.1, -0.05) is 15.9 Å². The summed E-state index contributed by atoms with van der Waals surface area (Å²) in [6, 6.07) is 8.00. The van der Waals surface area contributed by atoms with Crippen molar-refractivity contribution in [3.05, 3.63) is 52.3 Å². The molecular formula is C15H16BrN3O. The minimum Gasteiger partial charge on any atom is -0.496 e. The molecule has 1 N–H and O–H groups in total. The normalized spacial score (nSPS) is 14.7. The number of rotatable bonds is 3. The number of methoxy groups -OCH3 is 1. The summed E-state index contributed by atoms with van der Waals surface area (Å²) in [4.78, 5) is 4.03. The molecule has 0 atom stereocenters. The Morgan fingerprint density at radius 1 is 1.20 bits per heavy atom. The molecule has 20 heavy (non-hydrogen) atoms. The number of ether oxygens (including phenoxy) is 1. The molecule has 0 saturated carbocycles. The highest BCUT2D eigenvalue weighted by Gasteiger charge is 2.21. The minimum absolute atomic E-state index is 0.820. The molecule has 1 aliphatic heterocycles. The lowest BCUT2D eigenvalue weighted by Gasteiger charge is -2.31. The molecule has 0 spiro atoms. The van der Waals surface area contributed by atoms with Gasteiger partial charge in [0.25, 0.3) is 0 Å². The van der Waals surface area contributed by atoms with Crippen LogP contribution in [0.5, 0.6) is 5.75 Å². The number of pyridine rings is 1. The standard InChI is InChI=1S/C15H16BrN3O/c1-20-15-3-2-14(16)12-6-9-19(10-13(12)15)18-11-4-7-17-8-5-11/h2-5,7-8H,6,9-10H2,1H3,(H,17,18). The molecule has 4 nitrogen and oxygen atoms in total. The number of anilines is 1. The second kappa shape index (κ2) is 5.81. The van der Waals surface area contributed by atoms with E-state index in [1.54, 1.807) is 19.5 Å². The van der Waals surface area contributed by atoms with Gasteiger partial charge in [-0.2, -0.15) is 0 Å². The van der Waals surface area contributed by atoms with Crippen LogP contribution in [0.15, 0.2) is 41.1 Å². The van der Waals surface area contributed by atoms with Crippen molar-refractivity contribution < 1.29 is 4.74 Å². The summed E-state index contributed by atoms with van der Waals surface area (Å²) in [5.41, 5.74) is 7.06. The quantitative estimate of drug-likeness (QED) is 0.935. The van der Waals surface area contributed by atoms with Crippen LogP contribution in [-0.2, 0) is 13.0 Å². The zero-order valence-corrected chi connectivity index (χ0v) is 12.9. The van der Waals surface area contributed by atoms with Gasteiger partial charge < -0.3 is 10.2 Å². The third kappa shape index (κ3) is 2.64. The largest absolute Gasteiger partial charge is 0.496 e. The number of fused-ring (bicyclic) bond motifs is 1. The van der Waals surface area contributed by atoms with Gasteiger partial charge >= 0.3 is 0 Å². The highest BCUT2D eigenvalue weighted by Crippen LogP contribution is 2.33. The maximum atomic E-state index is 5.48. The molecule has 0 fully saturated rings. The Labute approximate surface area is 126 Å². The highest BCUT2D eigenvalue weighted by atomic mass is 79.9. The monoisotopic (exact) mass is 333 g/mol. The van der Waals surface area contributed by atoms with Crippen LogP contribution in [0.1, 0.15) is 11.1 Å². The molecule has 104 valence electrons. The first kappa shape index (κ1) is 13.4. The van der Waals surface area contributed by atoms with E-state index in [0.29, 0.717) is 0 Å². The zero-order valence-electron chi connectivity index (χ0n) is 11.3. The third-order valence-electron chi connectivity index (χ3n) is 3.50. The minimum atomic E-state index is 0.820. The lowest BCUT2D eigenvalue weighted by atomic mass is 10.00. The molecule has 0 radical (unpaired) electrons. The first-order valence-electron chi connectivity index (χ1n) is 6.54. The topological polar surface area (TPSA) is 37.4 Å². The van der Waals surface area contributed by atoms with Crippen LogP contribution in [0, 0.1) is 0 Å². The Hall–Kier alpha value is -1.59. The first-order chi connectivity index (χ1) is 9.78. The van der Waals surface area contributed by atoms with E-state index >= 15 is 0 Å². The Morgan fingerprint density at radius 3 is 2.75 bits per heavy atom. The Balaban J connectivity index is 1.83. The number of hydrogen-bond donors (Lipinski definition) is 1. The van der Waals surface area contributed by atoms with E-state index in [9.17, 15) is 0 Å². The SMILES string of the molecule is COc1ccc(Br)c2c1CN(Nc1ccncc1)CC2. The molecule has 3 rings (SSSR count). The fraction of sp³-hybridized carbons (Fsp3) is 0.267. The van der Waals surface area contributed by atoms with Crippen molar-refractivity contribution in [1.29, 1.82) is 0 Å². The molecule has 1 aromatic heterocycles. The smallest absolute Gasteiger partial charge is 0.123 e. The summed E-state index contributed by atoms with van der Waals surface area (Å²) in [5, 5.41) is 2.20. The number of halogens is 1. The van der Waals surface area contributed by atoms with Gasteiger partial charge in [0.15, 0.2) is 0 Å². The van der Waals surface area contributed by atoms with Crippen molar-refractivity contribution in [2.75, 3.05) is 19.1 Å². The van der Waals surface area contributed by atoms with Crippen LogP contribution in [0.25, 0.3) is 0 Å². The van der Waals surface area contributed by atoms with Gasteiger partial charge in [0.05, 0.1) is 12.8 Å². The van der Waals surface area contributed by atoms with E-state index in [2.05, 4.69) is 37.4 Å². The second-order valence-electron chi connectivity index (χ2n) is 4.73. The number of hydrogen-bond acceptors (Lipinski definition) is 4. The van der Waals surface area contributed by atoms with E-state index in [1.165, 1.54) is 11.1 Å². The van der Waals surface area contributed by atoms with Gasteiger partial charge in [-0.25, -0.2) is 5.01 Å². The van der Waals surface area contributed by atoms with Crippen molar-refractivity contribution >= 4 is 21.6 Å². The van der Waals surface area contributed by atoms with Gasteiger partial charge in [0, 0.05) is 35.5 Å². The van der Waals surface area contributed by atoms with Crippen molar-refractivity contribution in [3.8, 4) is 5.75 Å². The van der Waals surface area contributed by atoms with Crippen molar-refractivity contribution in [2.24, 2.45) is 0 Å². The van der Waals surface area contributed by atoms with Crippen LogP contribution in [0.3, 0.4) is 0 Å². The lowest BCUT2D eigenvalue weighted by Crippen LogP contribution is -2.35. The Morgan fingerprint density at radius 2 is 2.00 bits per heavy atom. The van der Waals surface area contributed by atoms with E-state index in [0.717, 1.165) is 35.4 Å². The van der Waals surface area contributed by atoms with Gasteiger partial charge in [-0.3, -0.25) is 4.98 Å². The second-order valence-corrected chi connectivity index (χ2v) is 5.58. The van der Waals surface area contributed by atoms with Gasteiger partial charge in [-0.05, 0) is 36.2 Å². The lowest BCUT2D eigenvalue weighted by molar-refractivity contribution is 0.297. The summed E-state index contributed by atoms with van der Waals surface area (Å²) in [7, 11) is 1.72. The fourth-order valence-corrected chi connectivity index (χ4v) is 3.07. The molecule has 0 unspecified atom stereocenters. The Kier molecular flexibility index (Phi) is 3.89. The van der Waals surface area contributed by atoms with E-state index in [1.807, 2.05) is 18.2 Å². The van der Waals surface area contributed by atoms with Crippen LogP contribution >= 0.6 is 15.9 Å². The summed E-state index contributed by atoms with van der Waals surface area (Å²) >= 11 is 3.63. The predicted octanol–water partition coefficient (Wildman–Crippen LogP) is 3.24. The third-order valence-corrected chi connectivity index (χ3v) is 4.24. The molecule has 1 aliphatic rings. The van der Waals surface area contributed by atoms with Crippen molar-refractivity contribution in [2.45, 2.75) is 13.0 Å². The molecule has 0 aliphatic carbocycles. The van der Waals surface area contributed by atoms with Crippen LogP contribution in [0.4, 0.5) is 5.69 Å². The summed E-state index contributed by atoms with van der Waals surface area (Å²) in [6.07, 6.45) is 4.57. The summed E-state index contributed by atoms with van der Waals surface area (Å²) < 4.78 is 6.64. The average molecular weight is 334 g/mol.